The summed E-state index contributed by atoms with van der Waals surface area (Å²) in [6.45, 7) is 0.326. The van der Waals surface area contributed by atoms with Crippen molar-refractivity contribution in [3.63, 3.8) is 0 Å². The molecule has 1 N–H and O–H groups in total. The van der Waals surface area contributed by atoms with Gasteiger partial charge in [0.2, 0.25) is 0 Å². The molecule has 0 aliphatic heterocycles. The van der Waals surface area contributed by atoms with Crippen molar-refractivity contribution in [1.82, 2.24) is 5.32 Å². The van der Waals surface area contributed by atoms with E-state index >= 15 is 0 Å². The minimum atomic E-state index is -3.48. The molecule has 0 unspecified atom stereocenters. The number of nitrogens with one attached hydrogen (secondary N) is 1. The summed E-state index contributed by atoms with van der Waals surface area (Å²) in [5.41, 5.74) is 0.238. The monoisotopic (exact) mass is 363 g/mol. The van der Waals surface area contributed by atoms with Crippen molar-refractivity contribution >= 4 is 50.3 Å². The number of hydrogen-bond acceptors (Lipinski definition) is 4. The molecule has 1 aromatic carbocycles. The first-order valence-corrected chi connectivity index (χ1v) is 9.26. The number of hydrogen-bond donors (Lipinski definition) is 1. The zero-order chi connectivity index (χ0) is 15.6. The van der Waals surface area contributed by atoms with E-state index in [1.807, 2.05) is 6.07 Å². The molecule has 0 spiro atoms. The van der Waals surface area contributed by atoms with Crippen LogP contribution in [-0.4, -0.2) is 20.6 Å². The van der Waals surface area contributed by atoms with Crippen molar-refractivity contribution in [1.29, 1.82) is 0 Å². The molecule has 1 heterocycles. The van der Waals surface area contributed by atoms with Crippen LogP contribution < -0.4 is 5.32 Å². The molecule has 0 fully saturated rings. The third-order valence-corrected chi connectivity index (χ3v) is 5.45. The molecule has 0 saturated heterocycles. The predicted molar refractivity (Wildman–Crippen MR) is 85.1 cm³/mol. The Hall–Kier alpha value is -1.08. The van der Waals surface area contributed by atoms with E-state index in [1.165, 1.54) is 29.5 Å². The lowest BCUT2D eigenvalue weighted by atomic mass is 10.2. The van der Waals surface area contributed by atoms with Gasteiger partial charge in [0.15, 0.2) is 9.84 Å². The van der Waals surface area contributed by atoms with Gasteiger partial charge in [0.1, 0.15) is 0 Å². The Morgan fingerprint density at radius 1 is 1.24 bits per heavy atom. The molecular weight excluding hydrogens is 353 g/mol. The first-order valence-electron chi connectivity index (χ1n) is 5.79. The summed E-state index contributed by atoms with van der Waals surface area (Å²) in [4.78, 5) is 12.9. The van der Waals surface area contributed by atoms with Crippen LogP contribution >= 0.6 is 34.5 Å². The summed E-state index contributed by atoms with van der Waals surface area (Å²) < 4.78 is 23.8. The summed E-state index contributed by atoms with van der Waals surface area (Å²) in [7, 11) is -3.48. The number of halogens is 2. The number of amides is 1. The summed E-state index contributed by atoms with van der Waals surface area (Å²) in [5.74, 6) is -0.374. The molecule has 21 heavy (non-hydrogen) atoms. The van der Waals surface area contributed by atoms with Crippen LogP contribution in [0.1, 0.15) is 15.2 Å². The second kappa shape index (κ2) is 6.36. The highest BCUT2D eigenvalue weighted by molar-refractivity contribution is 7.90. The minimum absolute atomic E-state index is 0.0593. The number of sulfone groups is 1. The van der Waals surface area contributed by atoms with E-state index in [0.717, 1.165) is 11.1 Å². The van der Waals surface area contributed by atoms with Gasteiger partial charge in [-0.2, -0.15) is 0 Å². The smallest absolute Gasteiger partial charge is 0.251 e. The van der Waals surface area contributed by atoms with Gasteiger partial charge in [0.25, 0.3) is 5.91 Å². The maximum atomic E-state index is 12.0. The molecule has 8 heteroatoms. The van der Waals surface area contributed by atoms with E-state index < -0.39 is 9.84 Å². The van der Waals surface area contributed by atoms with Gasteiger partial charge in [-0.15, -0.1) is 11.3 Å². The Labute approximate surface area is 136 Å². The largest absolute Gasteiger partial charge is 0.347 e. The molecule has 1 amide bonds. The van der Waals surface area contributed by atoms with Crippen LogP contribution in [0.15, 0.2) is 35.2 Å². The van der Waals surface area contributed by atoms with Gasteiger partial charge in [-0.05, 0) is 30.3 Å². The molecule has 112 valence electrons. The third kappa shape index (κ3) is 4.20. The number of carbonyl (C=O) groups excluding carboxylic acids is 1. The lowest BCUT2D eigenvalue weighted by Gasteiger charge is -2.07. The van der Waals surface area contributed by atoms with Gasteiger partial charge in [-0.3, -0.25) is 4.79 Å². The Morgan fingerprint density at radius 2 is 1.95 bits per heavy atom. The molecule has 0 aliphatic carbocycles. The van der Waals surface area contributed by atoms with E-state index in [2.05, 4.69) is 5.32 Å². The molecule has 0 aliphatic rings. The van der Waals surface area contributed by atoms with E-state index in [0.29, 0.717) is 10.9 Å². The molecule has 2 rings (SSSR count). The lowest BCUT2D eigenvalue weighted by molar-refractivity contribution is 0.0951. The Balaban J connectivity index is 2.16. The zero-order valence-electron chi connectivity index (χ0n) is 10.9. The minimum Gasteiger partial charge on any atom is -0.347 e. The fourth-order valence-electron chi connectivity index (χ4n) is 1.64. The highest BCUT2D eigenvalue weighted by Gasteiger charge is 2.15. The second-order valence-electron chi connectivity index (χ2n) is 4.31. The molecule has 4 nitrogen and oxygen atoms in total. The first kappa shape index (κ1) is 16.3. The summed E-state index contributed by atoms with van der Waals surface area (Å²) in [6.07, 6.45) is 1.05. The fourth-order valence-corrected chi connectivity index (χ4v) is 3.97. The average molecular weight is 364 g/mol. The molecule has 0 saturated carbocycles. The summed E-state index contributed by atoms with van der Waals surface area (Å²) in [6, 6.07) is 7.71. The Morgan fingerprint density at radius 3 is 2.52 bits per heavy atom. The molecular formula is C13H11Cl2NO3S2. The van der Waals surface area contributed by atoms with Crippen LogP contribution in [0.4, 0.5) is 0 Å². The molecule has 0 bridgehead atoms. The summed E-state index contributed by atoms with van der Waals surface area (Å²) >= 11 is 13.0. The second-order valence-corrected chi connectivity index (χ2v) is 8.50. The van der Waals surface area contributed by atoms with Crippen molar-refractivity contribution in [2.24, 2.45) is 0 Å². The maximum Gasteiger partial charge on any atom is 0.251 e. The predicted octanol–water partition coefficient (Wildman–Crippen LogP) is 3.39. The van der Waals surface area contributed by atoms with Crippen molar-refractivity contribution in [3.8, 4) is 0 Å². The lowest BCUT2D eigenvalue weighted by Crippen LogP contribution is -2.22. The van der Waals surface area contributed by atoms with Crippen LogP contribution in [0.25, 0.3) is 0 Å². The van der Waals surface area contributed by atoms with Gasteiger partial charge in [0, 0.05) is 16.7 Å². The Kier molecular flexibility index (Phi) is 4.93. The SMILES string of the molecule is CS(=O)(=O)c1cc(C(=O)NCc2ccc(Cl)s2)ccc1Cl. The number of carbonyl (C=O) groups is 1. The zero-order valence-corrected chi connectivity index (χ0v) is 14.0. The molecule has 2 aromatic rings. The van der Waals surface area contributed by atoms with Crippen molar-refractivity contribution in [3.05, 3.63) is 50.1 Å². The van der Waals surface area contributed by atoms with E-state index in [4.69, 9.17) is 23.2 Å². The van der Waals surface area contributed by atoms with Crippen molar-refractivity contribution in [2.45, 2.75) is 11.4 Å². The first-order chi connectivity index (χ1) is 9.77. The fraction of sp³-hybridized carbons (Fsp3) is 0.154. The van der Waals surface area contributed by atoms with Gasteiger partial charge in [-0.25, -0.2) is 8.42 Å². The number of thiophene rings is 1. The normalized spacial score (nSPS) is 11.4. The van der Waals surface area contributed by atoms with Gasteiger partial charge in [-0.1, -0.05) is 23.2 Å². The van der Waals surface area contributed by atoms with Crippen LogP contribution in [0.5, 0.6) is 0 Å². The van der Waals surface area contributed by atoms with E-state index in [9.17, 15) is 13.2 Å². The van der Waals surface area contributed by atoms with E-state index in [1.54, 1.807) is 6.07 Å². The summed E-state index contributed by atoms with van der Waals surface area (Å²) in [5, 5.41) is 2.80. The maximum absolute atomic E-state index is 12.0. The highest BCUT2D eigenvalue weighted by Crippen LogP contribution is 2.23. The van der Waals surface area contributed by atoms with Gasteiger partial charge in [0.05, 0.1) is 20.8 Å². The van der Waals surface area contributed by atoms with Crippen LogP contribution in [0.3, 0.4) is 0 Å². The van der Waals surface area contributed by atoms with Crippen LogP contribution in [-0.2, 0) is 16.4 Å². The van der Waals surface area contributed by atoms with Crippen molar-refractivity contribution in [2.75, 3.05) is 6.26 Å². The molecule has 0 atom stereocenters. The Bertz CT molecular complexity index is 784. The highest BCUT2D eigenvalue weighted by atomic mass is 35.5. The third-order valence-electron chi connectivity index (χ3n) is 2.64. The van der Waals surface area contributed by atoms with Crippen LogP contribution in [0.2, 0.25) is 9.36 Å². The topological polar surface area (TPSA) is 63.2 Å². The average Bonchev–Trinajstić information content (AvgIpc) is 2.81. The standard InChI is InChI=1S/C13H11Cl2NO3S2/c1-21(18,19)11-6-8(2-4-10(11)14)13(17)16-7-9-3-5-12(15)20-9/h2-6H,7H2,1H3,(H,16,17). The number of benzene rings is 1. The molecule has 1 aromatic heterocycles. The quantitative estimate of drug-likeness (QED) is 0.905. The van der Waals surface area contributed by atoms with Gasteiger partial charge >= 0.3 is 0 Å². The van der Waals surface area contributed by atoms with Crippen LogP contribution in [0, 0.1) is 0 Å². The van der Waals surface area contributed by atoms with Crippen molar-refractivity contribution < 1.29 is 13.2 Å². The molecule has 0 radical (unpaired) electrons. The number of rotatable bonds is 4. The van der Waals surface area contributed by atoms with Gasteiger partial charge < -0.3 is 5.32 Å². The van der Waals surface area contributed by atoms with E-state index in [-0.39, 0.29) is 21.4 Å².